The molecule has 37 heavy (non-hydrogen) atoms. The topological polar surface area (TPSA) is 97.4 Å². The summed E-state index contributed by atoms with van der Waals surface area (Å²) < 4.78 is 5.53. The van der Waals surface area contributed by atoms with Crippen molar-refractivity contribution < 1.29 is 19.1 Å². The van der Waals surface area contributed by atoms with E-state index in [0.717, 1.165) is 28.8 Å². The predicted octanol–water partition coefficient (Wildman–Crippen LogP) is 5.41. The van der Waals surface area contributed by atoms with Gasteiger partial charge >= 0.3 is 12.0 Å². The van der Waals surface area contributed by atoms with Crippen LogP contribution in [0.25, 0.3) is 22.6 Å². The lowest BCUT2D eigenvalue weighted by atomic mass is 9.86. The van der Waals surface area contributed by atoms with E-state index in [9.17, 15) is 14.4 Å². The van der Waals surface area contributed by atoms with Crippen LogP contribution in [-0.4, -0.2) is 35.5 Å². The molecule has 0 radical (unpaired) electrons. The summed E-state index contributed by atoms with van der Waals surface area (Å²) in [4.78, 5) is 42.4. The highest BCUT2D eigenvalue weighted by Crippen LogP contribution is 2.38. The number of carbonyl (C=O) groups is 3. The second-order valence-electron chi connectivity index (χ2n) is 10.3. The second kappa shape index (κ2) is 10.5. The van der Waals surface area contributed by atoms with Crippen LogP contribution >= 0.6 is 0 Å². The summed E-state index contributed by atoms with van der Waals surface area (Å²) >= 11 is 0. The van der Waals surface area contributed by atoms with Crippen LogP contribution < -0.4 is 10.6 Å². The molecule has 2 N–H and O–H groups in total. The summed E-state index contributed by atoms with van der Waals surface area (Å²) in [6.45, 7) is 10.1. The molecular formula is C30H33N3O4. The largest absolute Gasteiger partial charge is 0.449 e. The molecule has 0 fully saturated rings. The lowest BCUT2D eigenvalue weighted by Crippen LogP contribution is -2.44. The number of nitrogens with zero attached hydrogens (tertiary/aromatic N) is 1. The maximum absolute atomic E-state index is 13.4. The number of nitrogens with one attached hydrogen (secondary N) is 2. The molecule has 0 aliphatic heterocycles. The van der Waals surface area contributed by atoms with E-state index in [2.05, 4.69) is 61.7 Å². The number of amides is 3. The number of imide groups is 1. The zero-order chi connectivity index (χ0) is 26.7. The lowest BCUT2D eigenvalue weighted by Gasteiger charge is -2.18. The van der Waals surface area contributed by atoms with Crippen molar-refractivity contribution in [1.29, 1.82) is 0 Å². The van der Waals surface area contributed by atoms with Gasteiger partial charge in [-0.25, -0.2) is 14.6 Å². The minimum absolute atomic E-state index is 0.0786. The molecule has 1 aliphatic carbocycles. The number of fused-ring (bicyclic) bond motifs is 2. The van der Waals surface area contributed by atoms with Crippen molar-refractivity contribution in [2.75, 3.05) is 6.54 Å². The Morgan fingerprint density at radius 1 is 1.05 bits per heavy atom. The molecule has 0 unspecified atom stereocenters. The molecule has 0 bridgehead atoms. The van der Waals surface area contributed by atoms with Gasteiger partial charge in [0.1, 0.15) is 0 Å². The summed E-state index contributed by atoms with van der Waals surface area (Å²) in [5, 5.41) is 5.35. The molecule has 4 rings (SSSR count). The van der Waals surface area contributed by atoms with Gasteiger partial charge < -0.3 is 10.1 Å². The van der Waals surface area contributed by atoms with Gasteiger partial charge in [0.2, 0.25) is 0 Å². The molecule has 2 aromatic carbocycles. The van der Waals surface area contributed by atoms with E-state index in [1.54, 1.807) is 6.92 Å². The Morgan fingerprint density at radius 2 is 1.76 bits per heavy atom. The first-order valence-electron chi connectivity index (χ1n) is 12.6. The molecule has 192 valence electrons. The van der Waals surface area contributed by atoms with E-state index in [1.165, 1.54) is 12.5 Å². The Morgan fingerprint density at radius 3 is 2.43 bits per heavy atom. The number of carbonyl (C=O) groups excluding carboxylic acids is 3. The number of aromatic nitrogens is 1. The molecule has 1 atom stereocenters. The van der Waals surface area contributed by atoms with Gasteiger partial charge in [0.25, 0.3) is 5.91 Å². The van der Waals surface area contributed by atoms with Crippen molar-refractivity contribution in [3.05, 3.63) is 76.5 Å². The number of pyridine rings is 1. The Kier molecular flexibility index (Phi) is 7.43. The van der Waals surface area contributed by atoms with Crippen molar-refractivity contribution >= 4 is 40.5 Å². The molecule has 7 nitrogen and oxygen atoms in total. The van der Waals surface area contributed by atoms with E-state index in [1.807, 2.05) is 24.3 Å². The van der Waals surface area contributed by atoms with Crippen LogP contribution in [0.5, 0.6) is 0 Å². The SMILES string of the molecule is CCNC(=O)NC(=O)[C@@H](C)OC(=O)c1c2c(nc3ccccc13)/C(=C\c1ccc(C(C)(C)C)cc1)CC2. The van der Waals surface area contributed by atoms with Gasteiger partial charge in [-0.1, -0.05) is 63.2 Å². The number of ether oxygens (including phenoxy) is 1. The first-order valence-corrected chi connectivity index (χ1v) is 12.6. The fourth-order valence-electron chi connectivity index (χ4n) is 4.48. The molecule has 0 saturated carbocycles. The first-order chi connectivity index (χ1) is 17.6. The Bertz CT molecular complexity index is 1380. The van der Waals surface area contributed by atoms with E-state index in [0.29, 0.717) is 29.4 Å². The van der Waals surface area contributed by atoms with E-state index in [4.69, 9.17) is 9.72 Å². The van der Waals surface area contributed by atoms with Gasteiger partial charge in [-0.3, -0.25) is 10.1 Å². The summed E-state index contributed by atoms with van der Waals surface area (Å²) in [6, 6.07) is 15.3. The van der Waals surface area contributed by atoms with Crippen molar-refractivity contribution in [3.63, 3.8) is 0 Å². The number of para-hydroxylation sites is 1. The number of allylic oxidation sites excluding steroid dienone is 1. The quantitative estimate of drug-likeness (QED) is 0.458. The van der Waals surface area contributed by atoms with Crippen LogP contribution in [0.15, 0.2) is 48.5 Å². The lowest BCUT2D eigenvalue weighted by molar-refractivity contribution is -0.127. The highest BCUT2D eigenvalue weighted by atomic mass is 16.5. The minimum Gasteiger partial charge on any atom is -0.449 e. The second-order valence-corrected chi connectivity index (χ2v) is 10.3. The molecule has 7 heteroatoms. The fraction of sp³-hybridized carbons (Fsp3) is 0.333. The number of urea groups is 1. The fourth-order valence-corrected chi connectivity index (χ4v) is 4.48. The maximum Gasteiger partial charge on any atom is 0.339 e. The number of esters is 1. The number of hydrogen-bond donors (Lipinski definition) is 2. The van der Waals surface area contributed by atoms with Crippen LogP contribution in [-0.2, 0) is 21.4 Å². The third-order valence-corrected chi connectivity index (χ3v) is 6.49. The van der Waals surface area contributed by atoms with Gasteiger partial charge in [0, 0.05) is 11.9 Å². The van der Waals surface area contributed by atoms with Crippen molar-refractivity contribution in [2.45, 2.75) is 59.0 Å². The van der Waals surface area contributed by atoms with Crippen molar-refractivity contribution in [2.24, 2.45) is 0 Å². The summed E-state index contributed by atoms with van der Waals surface area (Å²) in [5.41, 5.74) is 6.18. The van der Waals surface area contributed by atoms with E-state index >= 15 is 0 Å². The van der Waals surface area contributed by atoms with Gasteiger partial charge in [-0.2, -0.15) is 0 Å². The van der Waals surface area contributed by atoms with Crippen molar-refractivity contribution in [1.82, 2.24) is 15.6 Å². The smallest absolute Gasteiger partial charge is 0.339 e. The van der Waals surface area contributed by atoms with Gasteiger partial charge in [0.15, 0.2) is 6.10 Å². The molecule has 0 spiro atoms. The van der Waals surface area contributed by atoms with Gasteiger partial charge in [-0.05, 0) is 66.5 Å². The number of benzene rings is 2. The maximum atomic E-state index is 13.4. The zero-order valence-corrected chi connectivity index (χ0v) is 22.0. The van der Waals surface area contributed by atoms with E-state index < -0.39 is 24.0 Å². The van der Waals surface area contributed by atoms with Crippen LogP contribution in [0, 0.1) is 0 Å². The summed E-state index contributed by atoms with van der Waals surface area (Å²) in [6.07, 6.45) is 2.36. The normalized spacial score (nSPS) is 14.8. The van der Waals surface area contributed by atoms with E-state index in [-0.39, 0.29) is 5.41 Å². The average molecular weight is 500 g/mol. The average Bonchev–Trinajstić information content (AvgIpc) is 3.24. The number of hydrogen-bond acceptors (Lipinski definition) is 5. The summed E-state index contributed by atoms with van der Waals surface area (Å²) in [7, 11) is 0. The number of rotatable bonds is 5. The molecular weight excluding hydrogens is 466 g/mol. The summed E-state index contributed by atoms with van der Waals surface area (Å²) in [5.74, 6) is -1.29. The molecule has 3 amide bonds. The van der Waals surface area contributed by atoms with Gasteiger partial charge in [0.05, 0.1) is 16.8 Å². The Hall–Kier alpha value is -4.00. The molecule has 1 aromatic heterocycles. The highest BCUT2D eigenvalue weighted by Gasteiger charge is 2.29. The monoisotopic (exact) mass is 499 g/mol. The first kappa shape index (κ1) is 26.1. The Labute approximate surface area is 217 Å². The van der Waals surface area contributed by atoms with Crippen LogP contribution in [0.3, 0.4) is 0 Å². The minimum atomic E-state index is -1.14. The van der Waals surface area contributed by atoms with Crippen LogP contribution in [0.2, 0.25) is 0 Å². The molecule has 1 aliphatic rings. The van der Waals surface area contributed by atoms with Crippen LogP contribution in [0.4, 0.5) is 4.79 Å². The molecule has 1 heterocycles. The predicted molar refractivity (Wildman–Crippen MR) is 145 cm³/mol. The molecule has 3 aromatic rings. The standard InChI is InChI=1S/C30H33N3O4/c1-6-31-29(36)33-27(34)18(2)37-28(35)25-22-9-7-8-10-24(22)32-26-20(13-16-23(25)26)17-19-11-14-21(15-12-19)30(3,4)5/h7-12,14-15,17-18H,6,13,16H2,1-5H3,(H2,31,33,34,36)/b20-17-/t18-/m1/s1. The zero-order valence-electron chi connectivity index (χ0n) is 22.0. The third kappa shape index (κ3) is 5.71. The van der Waals surface area contributed by atoms with Crippen LogP contribution in [0.1, 0.15) is 73.8 Å². The highest BCUT2D eigenvalue weighted by molar-refractivity contribution is 6.08. The van der Waals surface area contributed by atoms with Crippen molar-refractivity contribution in [3.8, 4) is 0 Å². The van der Waals surface area contributed by atoms with Gasteiger partial charge in [-0.15, -0.1) is 0 Å². The Balaban J connectivity index is 1.67. The molecule has 0 saturated heterocycles. The third-order valence-electron chi connectivity index (χ3n) is 6.49.